The van der Waals surface area contributed by atoms with Crippen molar-refractivity contribution in [1.29, 1.82) is 0 Å². The normalized spacial score (nSPS) is 19.4. The highest BCUT2D eigenvalue weighted by atomic mass is 32.2. The Hall–Kier alpha value is -0.920. The summed E-state index contributed by atoms with van der Waals surface area (Å²) in [5, 5.41) is 8.13. The molecule has 1 fully saturated rings. The summed E-state index contributed by atoms with van der Waals surface area (Å²) in [4.78, 5) is 13.2. The molecule has 0 unspecified atom stereocenters. The van der Waals surface area contributed by atoms with Crippen LogP contribution in [-0.2, 0) is 10.0 Å². The van der Waals surface area contributed by atoms with Gasteiger partial charge in [0, 0.05) is 10.9 Å². The average Bonchev–Trinajstić information content (AvgIpc) is 2.74. The van der Waals surface area contributed by atoms with Crippen molar-refractivity contribution in [2.75, 3.05) is 0 Å². The molecule has 118 valence electrons. The standard InChI is InChI=1S/C14H22N2O3S2/c1-9-12(21(15,18)19)8-11(20-9)13(17)16-10-4-6-14(2,3)7-5-10/h8,10H,4-7H2,1-3H3,(H,16,17)(H2,15,18,19). The van der Waals surface area contributed by atoms with E-state index in [-0.39, 0.29) is 16.8 Å². The number of nitrogens with two attached hydrogens (primary N) is 1. The minimum Gasteiger partial charge on any atom is -0.349 e. The van der Waals surface area contributed by atoms with Gasteiger partial charge in [0.1, 0.15) is 0 Å². The number of amides is 1. The van der Waals surface area contributed by atoms with Gasteiger partial charge in [0.25, 0.3) is 5.91 Å². The molecule has 2 rings (SSSR count). The molecule has 1 heterocycles. The Labute approximate surface area is 130 Å². The lowest BCUT2D eigenvalue weighted by Gasteiger charge is -2.34. The van der Waals surface area contributed by atoms with Gasteiger partial charge in [-0.2, -0.15) is 0 Å². The van der Waals surface area contributed by atoms with Crippen LogP contribution in [0.1, 0.15) is 54.1 Å². The number of sulfonamides is 1. The van der Waals surface area contributed by atoms with Crippen LogP contribution in [0.5, 0.6) is 0 Å². The smallest absolute Gasteiger partial charge is 0.261 e. The van der Waals surface area contributed by atoms with Gasteiger partial charge in [-0.1, -0.05) is 13.8 Å². The molecule has 1 aliphatic rings. The predicted molar refractivity (Wildman–Crippen MR) is 83.9 cm³/mol. The van der Waals surface area contributed by atoms with Crippen molar-refractivity contribution in [3.8, 4) is 0 Å². The maximum absolute atomic E-state index is 12.2. The minimum absolute atomic E-state index is 0.0439. The summed E-state index contributed by atoms with van der Waals surface area (Å²) >= 11 is 1.17. The van der Waals surface area contributed by atoms with E-state index in [0.29, 0.717) is 15.2 Å². The molecule has 0 spiro atoms. The van der Waals surface area contributed by atoms with Crippen molar-refractivity contribution < 1.29 is 13.2 Å². The lowest BCUT2D eigenvalue weighted by molar-refractivity contribution is 0.0913. The van der Waals surface area contributed by atoms with Gasteiger partial charge in [-0.3, -0.25) is 4.79 Å². The molecule has 1 aliphatic carbocycles. The Kier molecular flexibility index (Phi) is 4.46. The second kappa shape index (κ2) is 5.70. The highest BCUT2D eigenvalue weighted by Gasteiger charge is 2.28. The van der Waals surface area contributed by atoms with Gasteiger partial charge in [-0.25, -0.2) is 13.6 Å². The van der Waals surface area contributed by atoms with E-state index < -0.39 is 10.0 Å². The number of hydrogen-bond donors (Lipinski definition) is 2. The fourth-order valence-corrected chi connectivity index (χ4v) is 4.71. The van der Waals surface area contributed by atoms with Crippen LogP contribution in [-0.4, -0.2) is 20.4 Å². The number of rotatable bonds is 3. The van der Waals surface area contributed by atoms with Crippen LogP contribution in [0.4, 0.5) is 0 Å². The monoisotopic (exact) mass is 330 g/mol. The van der Waals surface area contributed by atoms with Crippen molar-refractivity contribution in [2.24, 2.45) is 10.6 Å². The Morgan fingerprint density at radius 3 is 2.43 bits per heavy atom. The molecular formula is C14H22N2O3S2. The number of hydrogen-bond acceptors (Lipinski definition) is 4. The van der Waals surface area contributed by atoms with Gasteiger partial charge < -0.3 is 5.32 Å². The lowest BCUT2D eigenvalue weighted by Crippen LogP contribution is -2.39. The van der Waals surface area contributed by atoms with Crippen molar-refractivity contribution in [1.82, 2.24) is 5.32 Å². The molecule has 1 saturated carbocycles. The maximum Gasteiger partial charge on any atom is 0.261 e. The first-order valence-electron chi connectivity index (χ1n) is 7.03. The summed E-state index contributed by atoms with van der Waals surface area (Å²) in [5.41, 5.74) is 0.349. The van der Waals surface area contributed by atoms with Gasteiger partial charge >= 0.3 is 0 Å². The summed E-state index contributed by atoms with van der Waals surface area (Å²) in [7, 11) is -3.76. The van der Waals surface area contributed by atoms with E-state index in [0.717, 1.165) is 25.7 Å². The number of aryl methyl sites for hydroxylation is 1. The topological polar surface area (TPSA) is 89.3 Å². The fourth-order valence-electron chi connectivity index (χ4n) is 2.66. The van der Waals surface area contributed by atoms with Crippen LogP contribution >= 0.6 is 11.3 Å². The second-order valence-corrected chi connectivity index (χ2v) is 9.27. The van der Waals surface area contributed by atoms with Gasteiger partial charge in [0.2, 0.25) is 10.0 Å². The lowest BCUT2D eigenvalue weighted by atomic mass is 9.75. The summed E-state index contributed by atoms with van der Waals surface area (Å²) in [5.74, 6) is -0.206. The predicted octanol–water partition coefficient (Wildman–Crippen LogP) is 2.40. The maximum atomic E-state index is 12.2. The summed E-state index contributed by atoms with van der Waals surface area (Å²) in [6.45, 7) is 6.14. The highest BCUT2D eigenvalue weighted by molar-refractivity contribution is 7.89. The summed E-state index contributed by atoms with van der Waals surface area (Å²) in [6, 6.07) is 1.54. The van der Waals surface area contributed by atoms with Crippen molar-refractivity contribution in [3.63, 3.8) is 0 Å². The summed E-state index contributed by atoms with van der Waals surface area (Å²) in [6.07, 6.45) is 4.10. The number of nitrogens with one attached hydrogen (secondary N) is 1. The molecule has 0 bridgehead atoms. The quantitative estimate of drug-likeness (QED) is 0.892. The van der Waals surface area contributed by atoms with Gasteiger partial charge in [0.15, 0.2) is 0 Å². The minimum atomic E-state index is -3.76. The van der Waals surface area contributed by atoms with Gasteiger partial charge in [-0.05, 0) is 44.1 Å². The van der Waals surface area contributed by atoms with E-state index in [1.165, 1.54) is 17.4 Å². The number of carbonyl (C=O) groups excluding carboxylic acids is 1. The van der Waals surface area contributed by atoms with Crippen LogP contribution < -0.4 is 10.5 Å². The zero-order valence-electron chi connectivity index (χ0n) is 12.6. The van der Waals surface area contributed by atoms with Crippen LogP contribution in [0.25, 0.3) is 0 Å². The molecule has 1 aromatic rings. The molecule has 5 nitrogen and oxygen atoms in total. The van der Waals surface area contributed by atoms with E-state index in [1.54, 1.807) is 6.92 Å². The first kappa shape index (κ1) is 16.5. The Balaban J connectivity index is 2.05. The van der Waals surface area contributed by atoms with E-state index in [9.17, 15) is 13.2 Å². The molecule has 7 heteroatoms. The Morgan fingerprint density at radius 1 is 1.38 bits per heavy atom. The highest BCUT2D eigenvalue weighted by Crippen LogP contribution is 2.35. The molecule has 0 radical (unpaired) electrons. The van der Waals surface area contributed by atoms with Crippen LogP contribution in [0.2, 0.25) is 0 Å². The molecule has 0 aromatic carbocycles. The molecule has 1 amide bonds. The van der Waals surface area contributed by atoms with Crippen molar-refractivity contribution >= 4 is 27.3 Å². The zero-order valence-corrected chi connectivity index (χ0v) is 14.2. The van der Waals surface area contributed by atoms with Gasteiger partial charge in [-0.15, -0.1) is 11.3 Å². The first-order chi connectivity index (χ1) is 9.58. The third kappa shape index (κ3) is 4.05. The first-order valence-corrected chi connectivity index (χ1v) is 9.39. The molecule has 1 aromatic heterocycles. The van der Waals surface area contributed by atoms with E-state index >= 15 is 0 Å². The fraction of sp³-hybridized carbons (Fsp3) is 0.643. The molecule has 0 saturated heterocycles. The second-order valence-electron chi connectivity index (χ2n) is 6.49. The van der Waals surface area contributed by atoms with Crippen LogP contribution in [0.3, 0.4) is 0 Å². The van der Waals surface area contributed by atoms with Crippen LogP contribution in [0, 0.1) is 12.3 Å². The third-order valence-corrected chi connectivity index (χ3v) is 6.29. The number of primary sulfonamides is 1. The van der Waals surface area contributed by atoms with Gasteiger partial charge in [0.05, 0.1) is 9.77 Å². The van der Waals surface area contributed by atoms with Crippen molar-refractivity contribution in [2.45, 2.75) is 57.4 Å². The molecular weight excluding hydrogens is 308 g/mol. The number of thiophene rings is 1. The average molecular weight is 330 g/mol. The Bertz CT molecular complexity index is 637. The molecule has 3 N–H and O–H groups in total. The van der Waals surface area contributed by atoms with E-state index in [4.69, 9.17) is 5.14 Å². The van der Waals surface area contributed by atoms with Crippen LogP contribution in [0.15, 0.2) is 11.0 Å². The Morgan fingerprint density at radius 2 is 1.95 bits per heavy atom. The van der Waals surface area contributed by atoms with Crippen molar-refractivity contribution in [3.05, 3.63) is 15.8 Å². The largest absolute Gasteiger partial charge is 0.349 e. The van der Waals surface area contributed by atoms with E-state index in [1.807, 2.05) is 0 Å². The number of carbonyl (C=O) groups is 1. The molecule has 21 heavy (non-hydrogen) atoms. The van der Waals surface area contributed by atoms with E-state index in [2.05, 4.69) is 19.2 Å². The summed E-state index contributed by atoms with van der Waals surface area (Å²) < 4.78 is 22.8. The zero-order chi connectivity index (χ0) is 15.8. The molecule has 0 aliphatic heterocycles. The SMILES string of the molecule is Cc1sc(C(=O)NC2CCC(C)(C)CC2)cc1S(N)(=O)=O. The molecule has 0 atom stereocenters. The third-order valence-electron chi connectivity index (χ3n) is 4.08.